The summed E-state index contributed by atoms with van der Waals surface area (Å²) in [6.45, 7) is 7.89. The highest BCUT2D eigenvalue weighted by atomic mass is 15.2. The number of nitrogens with one attached hydrogen (secondary N) is 1. The second-order valence-electron chi connectivity index (χ2n) is 4.95. The molecular weight excluding hydrogens is 210 g/mol. The van der Waals surface area contributed by atoms with E-state index in [1.54, 1.807) is 0 Å². The van der Waals surface area contributed by atoms with E-state index in [4.69, 9.17) is 5.73 Å². The second kappa shape index (κ2) is 5.41. The lowest BCUT2D eigenvalue weighted by molar-refractivity contribution is 0.227. The van der Waals surface area contributed by atoms with Crippen LogP contribution in [0.5, 0.6) is 0 Å². The fraction of sp³-hybridized carbons (Fsp3) is 0.571. The van der Waals surface area contributed by atoms with Gasteiger partial charge in [-0.1, -0.05) is 6.92 Å². The molecule has 1 aliphatic rings. The minimum absolute atomic E-state index is 0.575. The zero-order valence-corrected chi connectivity index (χ0v) is 10.9. The van der Waals surface area contributed by atoms with Crippen LogP contribution in [0.25, 0.3) is 0 Å². The number of rotatable bonds is 3. The predicted octanol–water partition coefficient (Wildman–Crippen LogP) is 2.47. The Bertz CT molecular complexity index is 376. The summed E-state index contributed by atoms with van der Waals surface area (Å²) in [4.78, 5) is 2.51. The summed E-state index contributed by atoms with van der Waals surface area (Å²) in [6.07, 6.45) is 2.56. The molecule has 3 heteroatoms. The first-order chi connectivity index (χ1) is 8.19. The first-order valence-corrected chi connectivity index (χ1v) is 6.54. The number of hydrogen-bond donors (Lipinski definition) is 2. The Kier molecular flexibility index (Phi) is 3.89. The number of benzene rings is 1. The van der Waals surface area contributed by atoms with E-state index < -0.39 is 0 Å². The maximum atomic E-state index is 5.77. The van der Waals surface area contributed by atoms with Gasteiger partial charge in [0.15, 0.2) is 0 Å². The fourth-order valence-electron chi connectivity index (χ4n) is 2.53. The van der Waals surface area contributed by atoms with Crippen molar-refractivity contribution in [2.75, 3.05) is 30.7 Å². The van der Waals surface area contributed by atoms with Crippen molar-refractivity contribution in [1.82, 2.24) is 4.90 Å². The van der Waals surface area contributed by atoms with Gasteiger partial charge in [0.25, 0.3) is 0 Å². The topological polar surface area (TPSA) is 41.3 Å². The summed E-state index contributed by atoms with van der Waals surface area (Å²) in [5.74, 6) is 0. The molecule has 1 heterocycles. The molecule has 17 heavy (non-hydrogen) atoms. The van der Waals surface area contributed by atoms with Crippen LogP contribution in [0.2, 0.25) is 0 Å². The Balaban J connectivity index is 2.00. The minimum Gasteiger partial charge on any atom is -0.399 e. The molecule has 0 aliphatic carbocycles. The smallest absolute Gasteiger partial charge is 0.0389 e. The largest absolute Gasteiger partial charge is 0.399 e. The van der Waals surface area contributed by atoms with Crippen molar-refractivity contribution in [3.8, 4) is 0 Å². The molecule has 0 aromatic heterocycles. The Hall–Kier alpha value is -1.22. The molecule has 1 atom stereocenters. The van der Waals surface area contributed by atoms with Gasteiger partial charge in [-0.25, -0.2) is 0 Å². The van der Waals surface area contributed by atoms with E-state index >= 15 is 0 Å². The maximum absolute atomic E-state index is 5.77. The molecule has 1 aromatic carbocycles. The number of aryl methyl sites for hydroxylation is 1. The number of nitrogen functional groups attached to an aromatic ring is 1. The summed E-state index contributed by atoms with van der Waals surface area (Å²) >= 11 is 0. The molecular formula is C14H23N3. The summed E-state index contributed by atoms with van der Waals surface area (Å²) in [6, 6.07) is 6.67. The lowest BCUT2D eigenvalue weighted by atomic mass is 10.0. The van der Waals surface area contributed by atoms with Crippen molar-refractivity contribution in [3.63, 3.8) is 0 Å². The van der Waals surface area contributed by atoms with Gasteiger partial charge in [-0.05, 0) is 56.6 Å². The van der Waals surface area contributed by atoms with Gasteiger partial charge in [0.1, 0.15) is 0 Å². The van der Waals surface area contributed by atoms with Crippen LogP contribution in [0.1, 0.15) is 25.3 Å². The Morgan fingerprint density at radius 3 is 3.00 bits per heavy atom. The molecule has 0 radical (unpaired) electrons. The third kappa shape index (κ3) is 3.13. The second-order valence-corrected chi connectivity index (χ2v) is 4.95. The summed E-state index contributed by atoms with van der Waals surface area (Å²) in [7, 11) is 0. The molecule has 0 amide bonds. The molecule has 0 spiro atoms. The predicted molar refractivity (Wildman–Crippen MR) is 74.4 cm³/mol. The van der Waals surface area contributed by atoms with E-state index in [2.05, 4.69) is 30.1 Å². The highest BCUT2D eigenvalue weighted by Gasteiger charge is 2.18. The Labute approximate surface area is 104 Å². The molecule has 1 aliphatic heterocycles. The molecule has 1 unspecified atom stereocenters. The van der Waals surface area contributed by atoms with E-state index in [1.807, 2.05) is 12.1 Å². The van der Waals surface area contributed by atoms with Crippen LogP contribution in [-0.4, -0.2) is 30.6 Å². The van der Waals surface area contributed by atoms with Gasteiger partial charge in [0, 0.05) is 24.0 Å². The molecule has 0 saturated carbocycles. The van der Waals surface area contributed by atoms with E-state index in [1.165, 1.54) is 30.6 Å². The zero-order valence-electron chi connectivity index (χ0n) is 10.9. The van der Waals surface area contributed by atoms with E-state index in [0.717, 1.165) is 18.8 Å². The highest BCUT2D eigenvalue weighted by molar-refractivity contribution is 5.57. The van der Waals surface area contributed by atoms with Gasteiger partial charge in [-0.15, -0.1) is 0 Å². The van der Waals surface area contributed by atoms with Crippen molar-refractivity contribution in [2.24, 2.45) is 0 Å². The van der Waals surface area contributed by atoms with Gasteiger partial charge in [0.2, 0.25) is 0 Å². The number of likely N-dealkylation sites (tertiary alicyclic amines) is 1. The van der Waals surface area contributed by atoms with Crippen molar-refractivity contribution >= 4 is 11.4 Å². The van der Waals surface area contributed by atoms with Crippen molar-refractivity contribution in [3.05, 3.63) is 23.8 Å². The number of piperidine rings is 1. The quantitative estimate of drug-likeness (QED) is 0.788. The summed E-state index contributed by atoms with van der Waals surface area (Å²) in [5.41, 5.74) is 9.07. The SMILES string of the molecule is CCN1CCCC(Nc2ccc(N)cc2C)C1. The number of nitrogens with zero attached hydrogens (tertiary/aromatic N) is 1. The monoisotopic (exact) mass is 233 g/mol. The molecule has 3 N–H and O–H groups in total. The molecule has 0 bridgehead atoms. The number of anilines is 2. The van der Waals surface area contributed by atoms with Gasteiger partial charge < -0.3 is 16.0 Å². The average Bonchev–Trinajstić information content (AvgIpc) is 2.33. The van der Waals surface area contributed by atoms with Gasteiger partial charge >= 0.3 is 0 Å². The zero-order chi connectivity index (χ0) is 12.3. The third-order valence-electron chi connectivity index (χ3n) is 3.56. The molecule has 1 aromatic rings. The lowest BCUT2D eigenvalue weighted by Gasteiger charge is -2.33. The standard InChI is InChI=1S/C14H23N3/c1-3-17-8-4-5-13(10-17)16-14-7-6-12(15)9-11(14)2/h6-7,9,13,16H,3-5,8,10,15H2,1-2H3. The minimum atomic E-state index is 0.575. The van der Waals surface area contributed by atoms with Gasteiger partial charge in [-0.2, -0.15) is 0 Å². The molecule has 1 saturated heterocycles. The number of hydrogen-bond acceptors (Lipinski definition) is 3. The molecule has 2 rings (SSSR count). The first-order valence-electron chi connectivity index (χ1n) is 6.54. The van der Waals surface area contributed by atoms with Crippen LogP contribution >= 0.6 is 0 Å². The average molecular weight is 233 g/mol. The van der Waals surface area contributed by atoms with E-state index in [0.29, 0.717) is 6.04 Å². The van der Waals surface area contributed by atoms with Crippen LogP contribution in [0, 0.1) is 6.92 Å². The number of nitrogens with two attached hydrogens (primary N) is 1. The summed E-state index contributed by atoms with van der Waals surface area (Å²) < 4.78 is 0. The third-order valence-corrected chi connectivity index (χ3v) is 3.56. The van der Waals surface area contributed by atoms with E-state index in [-0.39, 0.29) is 0 Å². The van der Waals surface area contributed by atoms with Crippen molar-refractivity contribution < 1.29 is 0 Å². The van der Waals surface area contributed by atoms with Crippen LogP contribution in [0.15, 0.2) is 18.2 Å². The fourth-order valence-corrected chi connectivity index (χ4v) is 2.53. The van der Waals surface area contributed by atoms with Gasteiger partial charge in [-0.3, -0.25) is 0 Å². The van der Waals surface area contributed by atoms with E-state index in [9.17, 15) is 0 Å². The highest BCUT2D eigenvalue weighted by Crippen LogP contribution is 2.21. The van der Waals surface area contributed by atoms with Crippen molar-refractivity contribution in [2.45, 2.75) is 32.7 Å². The molecule has 1 fully saturated rings. The Morgan fingerprint density at radius 1 is 1.47 bits per heavy atom. The number of likely N-dealkylation sites (N-methyl/N-ethyl adjacent to an activating group) is 1. The van der Waals surface area contributed by atoms with Crippen LogP contribution < -0.4 is 11.1 Å². The molecule has 3 nitrogen and oxygen atoms in total. The van der Waals surface area contributed by atoms with Crippen LogP contribution in [0.3, 0.4) is 0 Å². The molecule has 94 valence electrons. The summed E-state index contributed by atoms with van der Waals surface area (Å²) in [5, 5.41) is 3.64. The normalized spacial score (nSPS) is 21.4. The first kappa shape index (κ1) is 12.2. The van der Waals surface area contributed by atoms with Crippen molar-refractivity contribution in [1.29, 1.82) is 0 Å². The van der Waals surface area contributed by atoms with Crippen LogP contribution in [0.4, 0.5) is 11.4 Å². The lowest BCUT2D eigenvalue weighted by Crippen LogP contribution is -2.41. The Morgan fingerprint density at radius 2 is 2.29 bits per heavy atom. The van der Waals surface area contributed by atoms with Crippen LogP contribution in [-0.2, 0) is 0 Å². The maximum Gasteiger partial charge on any atom is 0.0389 e. The van der Waals surface area contributed by atoms with Gasteiger partial charge in [0.05, 0.1) is 0 Å².